The maximum Gasteiger partial charge on any atom is 0.337 e. The standard InChI is InChI=1S/C29H29N3O4S/c1-28(2,26(34)35-3)36-24(25(30)33)23-19-37-27(31-23)32-29(20-13-7-4-8-14-20,21-15-9-5-10-16-21)22-17-11-6-12-18-22/h4-19,24H,1-3H3,(H2,30,33)(H,31,32). The molecule has 0 saturated heterocycles. The molecule has 4 aromatic rings. The van der Waals surface area contributed by atoms with Crippen LogP contribution in [0.4, 0.5) is 5.13 Å². The first kappa shape index (κ1) is 26.1. The van der Waals surface area contributed by atoms with Gasteiger partial charge in [-0.1, -0.05) is 91.0 Å². The highest BCUT2D eigenvalue weighted by atomic mass is 32.1. The van der Waals surface area contributed by atoms with E-state index in [0.717, 1.165) is 16.7 Å². The number of hydrogen-bond acceptors (Lipinski definition) is 7. The van der Waals surface area contributed by atoms with Gasteiger partial charge in [0.25, 0.3) is 5.91 Å². The number of ether oxygens (including phenoxy) is 2. The maximum absolute atomic E-state index is 12.3. The molecule has 0 radical (unpaired) electrons. The molecule has 3 aromatic carbocycles. The second-order valence-electron chi connectivity index (χ2n) is 8.95. The topological polar surface area (TPSA) is 104 Å². The molecular formula is C29H29N3O4S. The highest BCUT2D eigenvalue weighted by molar-refractivity contribution is 7.13. The summed E-state index contributed by atoms with van der Waals surface area (Å²) in [5.74, 6) is -1.38. The third kappa shape index (κ3) is 5.40. The Labute approximate surface area is 220 Å². The summed E-state index contributed by atoms with van der Waals surface area (Å²) in [5, 5.41) is 5.92. The summed E-state index contributed by atoms with van der Waals surface area (Å²) >= 11 is 1.32. The Balaban J connectivity index is 1.80. The zero-order valence-electron chi connectivity index (χ0n) is 20.9. The van der Waals surface area contributed by atoms with Crippen LogP contribution in [0.5, 0.6) is 0 Å². The van der Waals surface area contributed by atoms with Crippen LogP contribution < -0.4 is 11.1 Å². The van der Waals surface area contributed by atoms with Crippen LogP contribution in [-0.2, 0) is 24.6 Å². The normalized spacial score (nSPS) is 12.5. The van der Waals surface area contributed by atoms with Gasteiger partial charge in [-0.15, -0.1) is 11.3 Å². The molecule has 0 saturated carbocycles. The fraction of sp³-hybridized carbons (Fsp3) is 0.207. The van der Waals surface area contributed by atoms with Crippen molar-refractivity contribution < 1.29 is 19.1 Å². The van der Waals surface area contributed by atoms with Crippen molar-refractivity contribution >= 4 is 28.3 Å². The molecule has 1 aromatic heterocycles. The molecule has 4 rings (SSSR count). The second-order valence-corrected chi connectivity index (χ2v) is 9.81. The summed E-state index contributed by atoms with van der Waals surface area (Å²) in [6.07, 6.45) is -1.24. The number of nitrogens with one attached hydrogen (secondary N) is 1. The smallest absolute Gasteiger partial charge is 0.337 e. The van der Waals surface area contributed by atoms with E-state index < -0.39 is 29.1 Å². The first-order valence-electron chi connectivity index (χ1n) is 11.7. The van der Waals surface area contributed by atoms with E-state index in [9.17, 15) is 9.59 Å². The van der Waals surface area contributed by atoms with Crippen LogP contribution in [0.3, 0.4) is 0 Å². The molecule has 3 N–H and O–H groups in total. The fourth-order valence-electron chi connectivity index (χ4n) is 4.26. The van der Waals surface area contributed by atoms with Crippen LogP contribution in [0.25, 0.3) is 0 Å². The molecule has 1 unspecified atom stereocenters. The van der Waals surface area contributed by atoms with Crippen molar-refractivity contribution in [2.24, 2.45) is 5.73 Å². The molecule has 190 valence electrons. The minimum atomic E-state index is -1.40. The Kier molecular flexibility index (Phi) is 7.71. The van der Waals surface area contributed by atoms with Gasteiger partial charge >= 0.3 is 5.97 Å². The van der Waals surface area contributed by atoms with Gasteiger partial charge in [0.2, 0.25) is 0 Å². The van der Waals surface area contributed by atoms with Gasteiger partial charge in [0.1, 0.15) is 5.54 Å². The van der Waals surface area contributed by atoms with Crippen molar-refractivity contribution in [2.75, 3.05) is 12.4 Å². The van der Waals surface area contributed by atoms with Gasteiger partial charge < -0.3 is 20.5 Å². The number of nitrogens with two attached hydrogens (primary N) is 1. The van der Waals surface area contributed by atoms with E-state index in [-0.39, 0.29) is 0 Å². The van der Waals surface area contributed by atoms with Crippen LogP contribution in [0.1, 0.15) is 42.3 Å². The summed E-state index contributed by atoms with van der Waals surface area (Å²) in [5.41, 5.74) is 6.82. The molecule has 1 atom stereocenters. The Morgan fingerprint density at radius 3 is 1.73 bits per heavy atom. The van der Waals surface area contributed by atoms with Gasteiger partial charge in [0, 0.05) is 5.38 Å². The van der Waals surface area contributed by atoms with Gasteiger partial charge in [-0.25, -0.2) is 9.78 Å². The Morgan fingerprint density at radius 2 is 1.32 bits per heavy atom. The highest BCUT2D eigenvalue weighted by Gasteiger charge is 2.39. The van der Waals surface area contributed by atoms with E-state index in [1.54, 1.807) is 5.38 Å². The van der Waals surface area contributed by atoms with Crippen LogP contribution >= 0.6 is 11.3 Å². The molecule has 7 nitrogen and oxygen atoms in total. The van der Waals surface area contributed by atoms with Gasteiger partial charge in [-0.05, 0) is 30.5 Å². The van der Waals surface area contributed by atoms with E-state index in [0.29, 0.717) is 10.8 Å². The fourth-order valence-corrected chi connectivity index (χ4v) is 5.04. The lowest BCUT2D eigenvalue weighted by molar-refractivity contribution is -0.174. The number of anilines is 1. The van der Waals surface area contributed by atoms with Crippen molar-refractivity contribution in [1.82, 2.24) is 4.98 Å². The number of esters is 1. The van der Waals surface area contributed by atoms with Crippen LogP contribution in [0.2, 0.25) is 0 Å². The van der Waals surface area contributed by atoms with Crippen LogP contribution in [0, 0.1) is 0 Å². The summed E-state index contributed by atoms with van der Waals surface area (Å²) in [6.45, 7) is 3.04. The molecule has 1 heterocycles. The second kappa shape index (κ2) is 10.9. The van der Waals surface area contributed by atoms with E-state index in [1.807, 2.05) is 54.6 Å². The highest BCUT2D eigenvalue weighted by Crippen LogP contribution is 2.41. The number of nitrogens with zero attached hydrogens (tertiary/aromatic N) is 1. The van der Waals surface area contributed by atoms with E-state index in [2.05, 4.69) is 41.7 Å². The first-order chi connectivity index (χ1) is 17.8. The van der Waals surface area contributed by atoms with Gasteiger partial charge in [0.05, 0.1) is 12.8 Å². The van der Waals surface area contributed by atoms with Crippen molar-refractivity contribution in [3.05, 3.63) is 119 Å². The summed E-state index contributed by atoms with van der Waals surface area (Å²) in [4.78, 5) is 29.2. The summed E-state index contributed by atoms with van der Waals surface area (Å²) in [6, 6.07) is 30.3. The molecule has 37 heavy (non-hydrogen) atoms. The van der Waals surface area contributed by atoms with Crippen LogP contribution in [0.15, 0.2) is 96.4 Å². The number of amides is 1. The number of carbonyl (C=O) groups is 2. The molecule has 1 amide bonds. The number of methoxy groups -OCH3 is 1. The molecule has 0 spiro atoms. The molecular weight excluding hydrogens is 486 g/mol. The molecule has 0 aliphatic rings. The zero-order valence-corrected chi connectivity index (χ0v) is 21.7. The predicted octanol–water partition coefficient (Wildman–Crippen LogP) is 5.04. The summed E-state index contributed by atoms with van der Waals surface area (Å²) < 4.78 is 10.6. The lowest BCUT2D eigenvalue weighted by atomic mass is 9.77. The molecule has 0 aliphatic carbocycles. The van der Waals surface area contributed by atoms with Crippen molar-refractivity contribution in [3.63, 3.8) is 0 Å². The van der Waals surface area contributed by atoms with Crippen LogP contribution in [-0.4, -0.2) is 29.6 Å². The van der Waals surface area contributed by atoms with Crippen molar-refractivity contribution in [2.45, 2.75) is 31.1 Å². The monoisotopic (exact) mass is 515 g/mol. The van der Waals surface area contributed by atoms with Crippen molar-refractivity contribution in [3.8, 4) is 0 Å². The first-order valence-corrected chi connectivity index (χ1v) is 12.6. The molecule has 0 fully saturated rings. The molecule has 0 bridgehead atoms. The number of hydrogen-bond donors (Lipinski definition) is 2. The number of primary amides is 1. The number of aromatic nitrogens is 1. The predicted molar refractivity (Wildman–Crippen MR) is 144 cm³/mol. The zero-order chi connectivity index (χ0) is 26.5. The third-order valence-corrected chi connectivity index (χ3v) is 6.83. The average Bonchev–Trinajstić information content (AvgIpc) is 3.39. The number of thiazole rings is 1. The maximum atomic E-state index is 12.3. The molecule has 8 heteroatoms. The largest absolute Gasteiger partial charge is 0.467 e. The third-order valence-electron chi connectivity index (χ3n) is 6.05. The number of benzene rings is 3. The Bertz CT molecular complexity index is 1240. The van der Waals surface area contributed by atoms with Gasteiger partial charge in [-0.2, -0.15) is 0 Å². The van der Waals surface area contributed by atoms with E-state index in [4.69, 9.17) is 20.2 Å². The van der Waals surface area contributed by atoms with Gasteiger partial charge in [0.15, 0.2) is 16.8 Å². The minimum Gasteiger partial charge on any atom is -0.467 e. The molecule has 0 aliphatic heterocycles. The van der Waals surface area contributed by atoms with E-state index >= 15 is 0 Å². The number of rotatable bonds is 10. The summed E-state index contributed by atoms with van der Waals surface area (Å²) in [7, 11) is 1.26. The Morgan fingerprint density at radius 1 is 0.865 bits per heavy atom. The van der Waals surface area contributed by atoms with Crippen molar-refractivity contribution in [1.29, 1.82) is 0 Å². The minimum absolute atomic E-state index is 0.306. The van der Waals surface area contributed by atoms with Gasteiger partial charge in [-0.3, -0.25) is 4.79 Å². The lowest BCUT2D eigenvalue weighted by Gasteiger charge is -2.36. The number of carbonyl (C=O) groups excluding carboxylic acids is 2. The lowest BCUT2D eigenvalue weighted by Crippen LogP contribution is -2.40. The Hall–Kier alpha value is -4.01. The van der Waals surface area contributed by atoms with E-state index in [1.165, 1.54) is 32.3 Å². The quantitative estimate of drug-likeness (QED) is 0.227. The average molecular weight is 516 g/mol. The SMILES string of the molecule is COC(=O)C(C)(C)OC(C(N)=O)c1csc(NC(c2ccccc2)(c2ccccc2)c2ccccc2)n1.